The fourth-order valence-electron chi connectivity index (χ4n) is 3.52. The minimum absolute atomic E-state index is 0.00726. The van der Waals surface area contributed by atoms with Crippen molar-refractivity contribution in [3.8, 4) is 0 Å². The number of nitrogens with zero attached hydrogens (tertiary/aromatic N) is 3. The van der Waals surface area contributed by atoms with Crippen LogP contribution in [0.2, 0.25) is 0 Å². The number of aliphatic hydroxyl groups is 1. The van der Waals surface area contributed by atoms with Gasteiger partial charge in [-0.2, -0.15) is 0 Å². The Kier molecular flexibility index (Phi) is 9.41. The quantitative estimate of drug-likeness (QED) is 0.653. The Morgan fingerprint density at radius 2 is 1.76 bits per heavy atom. The topological polar surface area (TPSA) is 76.1 Å². The zero-order valence-corrected chi connectivity index (χ0v) is 18.0. The van der Waals surface area contributed by atoms with Crippen molar-refractivity contribution in [3.05, 3.63) is 35.9 Å². The molecule has 2 rings (SSSR count). The maximum Gasteiger partial charge on any atom is 0.318 e. The van der Waals surface area contributed by atoms with Crippen molar-refractivity contribution >= 4 is 11.9 Å². The number of urea groups is 1. The number of benzene rings is 1. The van der Waals surface area contributed by atoms with E-state index in [-0.39, 0.29) is 31.0 Å². The van der Waals surface area contributed by atoms with E-state index in [1.165, 1.54) is 0 Å². The van der Waals surface area contributed by atoms with Crippen LogP contribution in [0.3, 0.4) is 0 Å². The van der Waals surface area contributed by atoms with Crippen molar-refractivity contribution in [1.82, 2.24) is 20.0 Å². The molecular formula is C22H36N4O3. The molecule has 162 valence electrons. The van der Waals surface area contributed by atoms with E-state index in [1.54, 1.807) is 4.90 Å². The van der Waals surface area contributed by atoms with Crippen molar-refractivity contribution in [2.75, 3.05) is 52.9 Å². The molecule has 3 amide bonds. The van der Waals surface area contributed by atoms with Crippen LogP contribution in [0.5, 0.6) is 0 Å². The molecule has 1 heterocycles. The van der Waals surface area contributed by atoms with Gasteiger partial charge in [0, 0.05) is 39.3 Å². The highest BCUT2D eigenvalue weighted by molar-refractivity contribution is 5.87. The first kappa shape index (κ1) is 23.2. The molecule has 1 atom stereocenters. The minimum Gasteiger partial charge on any atom is -0.395 e. The van der Waals surface area contributed by atoms with E-state index in [9.17, 15) is 14.7 Å². The molecule has 1 saturated heterocycles. The summed E-state index contributed by atoms with van der Waals surface area (Å²) in [5, 5.41) is 12.3. The Labute approximate surface area is 174 Å². The summed E-state index contributed by atoms with van der Waals surface area (Å²) in [5.41, 5.74) is 1.13. The summed E-state index contributed by atoms with van der Waals surface area (Å²) in [7, 11) is 2.05. The third kappa shape index (κ3) is 7.66. The van der Waals surface area contributed by atoms with Gasteiger partial charge in [0.15, 0.2) is 0 Å². The molecule has 0 aromatic heterocycles. The number of hydrogen-bond acceptors (Lipinski definition) is 4. The highest BCUT2D eigenvalue weighted by Gasteiger charge is 2.29. The second-order valence-electron chi connectivity index (χ2n) is 8.21. The van der Waals surface area contributed by atoms with E-state index < -0.39 is 6.04 Å². The number of likely N-dealkylation sites (N-methyl/N-ethyl adjacent to an activating group) is 1. The first-order valence-electron chi connectivity index (χ1n) is 10.6. The number of amides is 3. The second kappa shape index (κ2) is 11.8. The van der Waals surface area contributed by atoms with Crippen LogP contribution in [-0.2, 0) is 11.2 Å². The van der Waals surface area contributed by atoms with E-state index in [0.29, 0.717) is 32.5 Å². The lowest BCUT2D eigenvalue weighted by Gasteiger charge is -2.35. The van der Waals surface area contributed by atoms with Crippen LogP contribution in [0.4, 0.5) is 4.79 Å². The summed E-state index contributed by atoms with van der Waals surface area (Å²) in [6, 6.07) is 9.12. The fraction of sp³-hybridized carbons (Fsp3) is 0.636. The molecule has 1 aromatic rings. The summed E-state index contributed by atoms with van der Waals surface area (Å²) in [6.07, 6.45) is 1.30. The molecule has 0 spiro atoms. The van der Waals surface area contributed by atoms with Crippen molar-refractivity contribution in [2.45, 2.75) is 32.7 Å². The molecule has 2 N–H and O–H groups in total. The largest absolute Gasteiger partial charge is 0.395 e. The van der Waals surface area contributed by atoms with E-state index in [0.717, 1.165) is 18.7 Å². The Morgan fingerprint density at radius 3 is 2.34 bits per heavy atom. The van der Waals surface area contributed by atoms with E-state index in [1.807, 2.05) is 35.2 Å². The van der Waals surface area contributed by atoms with Gasteiger partial charge >= 0.3 is 6.03 Å². The van der Waals surface area contributed by atoms with Crippen LogP contribution in [-0.4, -0.2) is 90.7 Å². The summed E-state index contributed by atoms with van der Waals surface area (Å²) in [5.74, 6) is 0.277. The van der Waals surface area contributed by atoms with Gasteiger partial charge in [-0.15, -0.1) is 0 Å². The number of nitrogens with one attached hydrogen (secondary N) is 1. The molecule has 1 unspecified atom stereocenters. The van der Waals surface area contributed by atoms with Crippen molar-refractivity contribution in [1.29, 1.82) is 0 Å². The van der Waals surface area contributed by atoms with Crippen LogP contribution < -0.4 is 5.32 Å². The third-order valence-corrected chi connectivity index (χ3v) is 5.29. The van der Waals surface area contributed by atoms with Gasteiger partial charge in [-0.3, -0.25) is 4.79 Å². The Bertz CT molecular complexity index is 630. The highest BCUT2D eigenvalue weighted by Crippen LogP contribution is 2.11. The zero-order chi connectivity index (χ0) is 21.2. The molecule has 0 radical (unpaired) electrons. The Morgan fingerprint density at radius 1 is 1.10 bits per heavy atom. The van der Waals surface area contributed by atoms with Gasteiger partial charge in [-0.25, -0.2) is 4.79 Å². The molecule has 7 heteroatoms. The molecule has 0 saturated carbocycles. The molecule has 1 aromatic carbocycles. The zero-order valence-electron chi connectivity index (χ0n) is 18.0. The van der Waals surface area contributed by atoms with Crippen LogP contribution in [0.25, 0.3) is 0 Å². The van der Waals surface area contributed by atoms with Crippen LogP contribution >= 0.6 is 0 Å². The average molecular weight is 405 g/mol. The highest BCUT2D eigenvalue weighted by atomic mass is 16.3. The maximum absolute atomic E-state index is 13.1. The lowest BCUT2D eigenvalue weighted by molar-refractivity contribution is -0.135. The first-order valence-corrected chi connectivity index (χ1v) is 10.6. The summed E-state index contributed by atoms with van der Waals surface area (Å²) in [6.45, 7) is 7.81. The monoisotopic (exact) mass is 404 g/mol. The number of carbonyl (C=O) groups excluding carboxylic acids is 2. The van der Waals surface area contributed by atoms with Crippen LogP contribution in [0.15, 0.2) is 30.3 Å². The van der Waals surface area contributed by atoms with Crippen LogP contribution in [0.1, 0.15) is 25.8 Å². The molecule has 1 fully saturated rings. The standard InChI is InChI=1S/C22H36N4O3/c1-18(2)17-20(21(28)25-13-11-24(3)12-14-25)23-22(29)26(15-16-27)10-9-19-7-5-4-6-8-19/h4-8,18,20,27H,9-17H2,1-3H3,(H,23,29). The number of piperazine rings is 1. The summed E-state index contributed by atoms with van der Waals surface area (Å²) in [4.78, 5) is 31.6. The van der Waals surface area contributed by atoms with Crippen LogP contribution in [0, 0.1) is 5.92 Å². The van der Waals surface area contributed by atoms with E-state index in [2.05, 4.69) is 31.1 Å². The SMILES string of the molecule is CC(C)CC(NC(=O)N(CCO)CCc1ccccc1)C(=O)N1CCN(C)CC1. The van der Waals surface area contributed by atoms with Gasteiger partial charge in [0.2, 0.25) is 5.91 Å². The van der Waals surface area contributed by atoms with E-state index >= 15 is 0 Å². The van der Waals surface area contributed by atoms with Crippen molar-refractivity contribution in [2.24, 2.45) is 5.92 Å². The number of hydrogen-bond donors (Lipinski definition) is 2. The average Bonchev–Trinajstić information content (AvgIpc) is 2.71. The molecule has 0 aliphatic carbocycles. The number of carbonyl (C=O) groups is 2. The smallest absolute Gasteiger partial charge is 0.318 e. The maximum atomic E-state index is 13.1. The van der Waals surface area contributed by atoms with Crippen molar-refractivity contribution < 1.29 is 14.7 Å². The van der Waals surface area contributed by atoms with Gasteiger partial charge in [0.05, 0.1) is 6.61 Å². The van der Waals surface area contributed by atoms with Crippen molar-refractivity contribution in [3.63, 3.8) is 0 Å². The third-order valence-electron chi connectivity index (χ3n) is 5.29. The molecule has 1 aliphatic rings. The van der Waals surface area contributed by atoms with Gasteiger partial charge in [-0.05, 0) is 31.4 Å². The lowest BCUT2D eigenvalue weighted by Crippen LogP contribution is -2.56. The van der Waals surface area contributed by atoms with E-state index in [4.69, 9.17) is 0 Å². The second-order valence-corrected chi connectivity index (χ2v) is 8.21. The minimum atomic E-state index is -0.538. The van der Waals surface area contributed by atoms with Gasteiger partial charge < -0.3 is 25.1 Å². The predicted octanol–water partition coefficient (Wildman–Crippen LogP) is 1.42. The van der Waals surface area contributed by atoms with Gasteiger partial charge in [-0.1, -0.05) is 44.2 Å². The Balaban J connectivity index is 2.00. The normalized spacial score (nSPS) is 16.0. The predicted molar refractivity (Wildman–Crippen MR) is 115 cm³/mol. The first-order chi connectivity index (χ1) is 13.9. The fourth-order valence-corrected chi connectivity index (χ4v) is 3.52. The Hall–Kier alpha value is -2.12. The molecule has 1 aliphatic heterocycles. The van der Waals surface area contributed by atoms with Gasteiger partial charge in [0.1, 0.15) is 6.04 Å². The number of aliphatic hydroxyl groups excluding tert-OH is 1. The number of rotatable bonds is 9. The molecule has 7 nitrogen and oxygen atoms in total. The molecular weight excluding hydrogens is 368 g/mol. The lowest BCUT2D eigenvalue weighted by atomic mass is 10.0. The summed E-state index contributed by atoms with van der Waals surface area (Å²) >= 11 is 0. The van der Waals surface area contributed by atoms with Gasteiger partial charge in [0.25, 0.3) is 0 Å². The molecule has 29 heavy (non-hydrogen) atoms. The summed E-state index contributed by atoms with van der Waals surface area (Å²) < 4.78 is 0. The molecule has 0 bridgehead atoms.